The maximum Gasteiger partial charge on any atom is 0.357 e. The largest absolute Gasteiger partial charge is 0.476 e. The molecule has 0 saturated carbocycles. The van der Waals surface area contributed by atoms with E-state index in [1.807, 2.05) is 0 Å². The monoisotopic (exact) mass is 280 g/mol. The molecule has 0 fully saturated rings. The van der Waals surface area contributed by atoms with Gasteiger partial charge >= 0.3 is 5.97 Å². The molecule has 80 valence electrons. The van der Waals surface area contributed by atoms with E-state index in [-0.39, 0.29) is 11.3 Å². The fourth-order valence-corrected chi connectivity index (χ4v) is 1.84. The van der Waals surface area contributed by atoms with Crippen molar-refractivity contribution in [1.29, 1.82) is 0 Å². The Bertz CT molecular complexity index is 549. The van der Waals surface area contributed by atoms with Crippen LogP contribution in [0.25, 0.3) is 5.57 Å². The number of hydrogen-bond acceptors (Lipinski definition) is 3. The van der Waals surface area contributed by atoms with E-state index >= 15 is 0 Å². The number of amides is 1. The van der Waals surface area contributed by atoms with Crippen LogP contribution in [0, 0.1) is 0 Å². The minimum absolute atomic E-state index is 0.0139. The molecule has 1 aliphatic rings. The fraction of sp³-hybridized carbons (Fsp3) is 0. The summed E-state index contributed by atoms with van der Waals surface area (Å²) in [6.45, 7) is 0. The second-order valence-electron chi connectivity index (χ2n) is 3.01. The second kappa shape index (κ2) is 3.97. The van der Waals surface area contributed by atoms with Crippen LogP contribution in [0.3, 0.4) is 0 Å². The van der Waals surface area contributed by atoms with Crippen molar-refractivity contribution in [3.8, 4) is 0 Å². The third kappa shape index (κ3) is 1.67. The fourth-order valence-electron chi connectivity index (χ4n) is 1.35. The Morgan fingerprint density at radius 3 is 2.56 bits per heavy atom. The second-order valence-corrected chi connectivity index (χ2v) is 3.87. The van der Waals surface area contributed by atoms with Gasteiger partial charge in [-0.2, -0.15) is 0 Å². The lowest BCUT2D eigenvalue weighted by atomic mass is 10.0. The first-order chi connectivity index (χ1) is 7.61. The van der Waals surface area contributed by atoms with Crippen LogP contribution in [0.4, 0.5) is 0 Å². The van der Waals surface area contributed by atoms with Gasteiger partial charge in [-0.15, -0.1) is 10.2 Å². The zero-order chi connectivity index (χ0) is 11.7. The van der Waals surface area contributed by atoms with Gasteiger partial charge in [-0.3, -0.25) is 4.79 Å². The van der Waals surface area contributed by atoms with Crippen LogP contribution in [0.2, 0.25) is 0 Å². The number of aliphatic carboxylic acids is 1. The van der Waals surface area contributed by atoms with Gasteiger partial charge in [-0.25, -0.2) is 4.79 Å². The summed E-state index contributed by atoms with van der Waals surface area (Å²) in [4.78, 5) is 22.3. The Kier molecular flexibility index (Phi) is 2.66. The summed E-state index contributed by atoms with van der Waals surface area (Å²) >= 11 is 3.25. The zero-order valence-corrected chi connectivity index (χ0v) is 9.43. The molecule has 2 rings (SSSR count). The zero-order valence-electron chi connectivity index (χ0n) is 7.85. The highest BCUT2D eigenvalue weighted by molar-refractivity contribution is 9.10. The van der Waals surface area contributed by atoms with Gasteiger partial charge in [0.25, 0.3) is 5.91 Å². The van der Waals surface area contributed by atoms with Crippen LogP contribution in [-0.2, 0) is 9.59 Å². The van der Waals surface area contributed by atoms with Crippen molar-refractivity contribution in [2.45, 2.75) is 0 Å². The topological polar surface area (TPSA) is 79.1 Å². The highest BCUT2D eigenvalue weighted by atomic mass is 79.9. The SMILES string of the molecule is O=C(O)C1=C(c2ccccc2Br)C(=O)N=N1. The number of nitrogens with zero attached hydrogens (tertiary/aromatic N) is 2. The van der Waals surface area contributed by atoms with Gasteiger partial charge < -0.3 is 5.11 Å². The molecule has 0 aliphatic carbocycles. The molecule has 1 aliphatic heterocycles. The lowest BCUT2D eigenvalue weighted by Gasteiger charge is -2.03. The summed E-state index contributed by atoms with van der Waals surface area (Å²) in [5, 5.41) is 15.5. The average Bonchev–Trinajstić information content (AvgIpc) is 2.61. The van der Waals surface area contributed by atoms with E-state index in [0.717, 1.165) is 0 Å². The van der Waals surface area contributed by atoms with Crippen LogP contribution >= 0.6 is 15.9 Å². The van der Waals surface area contributed by atoms with E-state index in [2.05, 4.69) is 26.2 Å². The quantitative estimate of drug-likeness (QED) is 0.902. The lowest BCUT2D eigenvalue weighted by Crippen LogP contribution is -2.03. The van der Waals surface area contributed by atoms with Crippen LogP contribution in [0.15, 0.2) is 44.7 Å². The Hall–Kier alpha value is -1.82. The van der Waals surface area contributed by atoms with E-state index in [9.17, 15) is 9.59 Å². The summed E-state index contributed by atoms with van der Waals surface area (Å²) < 4.78 is 0.629. The van der Waals surface area contributed by atoms with Gasteiger partial charge in [0, 0.05) is 10.0 Å². The molecule has 0 radical (unpaired) electrons. The first-order valence-electron chi connectivity index (χ1n) is 4.30. The van der Waals surface area contributed by atoms with Gasteiger partial charge in [0.15, 0.2) is 5.70 Å². The van der Waals surface area contributed by atoms with Gasteiger partial charge in [0.2, 0.25) is 0 Å². The molecule has 16 heavy (non-hydrogen) atoms. The molecular weight excluding hydrogens is 276 g/mol. The highest BCUT2D eigenvalue weighted by Gasteiger charge is 2.28. The highest BCUT2D eigenvalue weighted by Crippen LogP contribution is 2.31. The first-order valence-corrected chi connectivity index (χ1v) is 5.09. The molecule has 0 unspecified atom stereocenters. The molecule has 5 nitrogen and oxygen atoms in total. The molecule has 0 spiro atoms. The summed E-state index contributed by atoms with van der Waals surface area (Å²) in [5.41, 5.74) is 0.173. The minimum atomic E-state index is -1.26. The molecule has 1 heterocycles. The predicted octanol–water partition coefficient (Wildman–Crippen LogP) is 2.24. The Morgan fingerprint density at radius 2 is 1.94 bits per heavy atom. The van der Waals surface area contributed by atoms with Crippen LogP contribution in [0.1, 0.15) is 5.56 Å². The normalized spacial score (nSPS) is 14.7. The average molecular weight is 281 g/mol. The van der Waals surface area contributed by atoms with E-state index in [4.69, 9.17) is 5.11 Å². The molecule has 0 saturated heterocycles. The third-order valence-electron chi connectivity index (χ3n) is 2.04. The van der Waals surface area contributed by atoms with E-state index in [0.29, 0.717) is 10.0 Å². The lowest BCUT2D eigenvalue weighted by molar-refractivity contribution is -0.132. The molecule has 0 bridgehead atoms. The number of carboxylic acids is 1. The van der Waals surface area contributed by atoms with Gasteiger partial charge in [0.1, 0.15) is 0 Å². The van der Waals surface area contributed by atoms with E-state index < -0.39 is 11.9 Å². The summed E-state index contributed by atoms with van der Waals surface area (Å²) in [7, 11) is 0. The van der Waals surface area contributed by atoms with Crippen molar-refractivity contribution in [3.63, 3.8) is 0 Å². The number of benzene rings is 1. The van der Waals surface area contributed by atoms with Gasteiger partial charge in [-0.05, 0) is 6.07 Å². The number of carboxylic acid groups (broad SMARTS) is 1. The van der Waals surface area contributed by atoms with Gasteiger partial charge in [0.05, 0.1) is 5.57 Å². The predicted molar refractivity (Wildman–Crippen MR) is 58.6 cm³/mol. The molecule has 1 amide bonds. The summed E-state index contributed by atoms with van der Waals surface area (Å²) in [5.74, 6) is -1.90. The van der Waals surface area contributed by atoms with Crippen molar-refractivity contribution >= 4 is 33.4 Å². The molecule has 0 atom stereocenters. The Balaban J connectivity index is 2.64. The first kappa shape index (κ1) is 10.7. The van der Waals surface area contributed by atoms with Crippen molar-refractivity contribution in [3.05, 3.63) is 40.0 Å². The standard InChI is InChI=1S/C10H5BrN2O3/c11-6-4-2-1-3-5(6)7-8(10(15)16)12-13-9(7)14/h1-4H,(H,15,16). The maximum absolute atomic E-state index is 11.4. The number of azo groups is 1. The Labute approximate surface area is 98.6 Å². The number of carbonyl (C=O) groups is 2. The smallest absolute Gasteiger partial charge is 0.357 e. The van der Waals surface area contributed by atoms with E-state index in [1.54, 1.807) is 24.3 Å². The summed E-state index contributed by atoms with van der Waals surface area (Å²) in [6.07, 6.45) is 0. The molecule has 6 heteroatoms. The van der Waals surface area contributed by atoms with Gasteiger partial charge in [-0.1, -0.05) is 34.1 Å². The molecule has 1 aromatic rings. The Morgan fingerprint density at radius 1 is 1.25 bits per heavy atom. The molecule has 1 N–H and O–H groups in total. The number of rotatable bonds is 2. The number of halogens is 1. The maximum atomic E-state index is 11.4. The number of hydrogen-bond donors (Lipinski definition) is 1. The third-order valence-corrected chi connectivity index (χ3v) is 2.73. The molecule has 1 aromatic carbocycles. The van der Waals surface area contributed by atoms with Crippen LogP contribution in [0.5, 0.6) is 0 Å². The van der Waals surface area contributed by atoms with Crippen molar-refractivity contribution in [2.24, 2.45) is 10.2 Å². The minimum Gasteiger partial charge on any atom is -0.476 e. The van der Waals surface area contributed by atoms with Crippen LogP contribution < -0.4 is 0 Å². The van der Waals surface area contributed by atoms with Crippen LogP contribution in [-0.4, -0.2) is 17.0 Å². The molecular formula is C10H5BrN2O3. The summed E-state index contributed by atoms with van der Waals surface area (Å²) in [6, 6.07) is 6.82. The van der Waals surface area contributed by atoms with Crippen molar-refractivity contribution in [1.82, 2.24) is 0 Å². The number of carbonyl (C=O) groups excluding carboxylic acids is 1. The van der Waals surface area contributed by atoms with Crippen molar-refractivity contribution < 1.29 is 14.7 Å². The van der Waals surface area contributed by atoms with E-state index in [1.165, 1.54) is 0 Å². The van der Waals surface area contributed by atoms with Crippen molar-refractivity contribution in [2.75, 3.05) is 0 Å². The molecule has 0 aromatic heterocycles.